The number of H-pyrrole nitrogens is 2. The van der Waals surface area contributed by atoms with Gasteiger partial charge in [0.2, 0.25) is 11.8 Å². The highest BCUT2D eigenvalue weighted by molar-refractivity contribution is 6.00. The molecular formula is C32H30F11N7O3. The summed E-state index contributed by atoms with van der Waals surface area (Å²) in [5.74, 6) is -3.81. The molecule has 4 N–H and O–H groups in total. The summed E-state index contributed by atoms with van der Waals surface area (Å²) in [4.78, 5) is 36.3. The third-order valence-corrected chi connectivity index (χ3v) is 8.62. The number of ketones is 1. The maximum absolute atomic E-state index is 13.9. The highest BCUT2D eigenvalue weighted by Crippen LogP contribution is 2.41. The monoisotopic (exact) mass is 769 g/mol. The van der Waals surface area contributed by atoms with Crippen molar-refractivity contribution < 1.29 is 62.6 Å². The molecule has 1 aliphatic rings. The molecule has 0 unspecified atom stereocenters. The van der Waals surface area contributed by atoms with Gasteiger partial charge in [-0.25, -0.2) is 8.78 Å². The summed E-state index contributed by atoms with van der Waals surface area (Å²) in [6.45, 7) is -1.56. The summed E-state index contributed by atoms with van der Waals surface area (Å²) < 4.78 is 150. The largest absolute Gasteiger partial charge is 0.471 e. The highest BCUT2D eigenvalue weighted by atomic mass is 19.4. The van der Waals surface area contributed by atoms with Crippen LogP contribution in [0.2, 0.25) is 0 Å². The third kappa shape index (κ3) is 10.1. The van der Waals surface area contributed by atoms with Crippen LogP contribution in [0.4, 0.5) is 59.9 Å². The number of imidazole rings is 1. The van der Waals surface area contributed by atoms with Crippen LogP contribution < -0.4 is 15.4 Å². The molecule has 0 radical (unpaired) electrons. The topological polar surface area (TPSA) is 138 Å². The Bertz CT molecular complexity index is 1910. The smallest absolute Gasteiger partial charge is 0.432 e. The van der Waals surface area contributed by atoms with Crippen molar-refractivity contribution in [1.29, 1.82) is 0 Å². The summed E-state index contributed by atoms with van der Waals surface area (Å²) >= 11 is 0. The van der Waals surface area contributed by atoms with Gasteiger partial charge in [-0.2, -0.15) is 54.6 Å². The van der Waals surface area contributed by atoms with Crippen LogP contribution in [0.25, 0.3) is 11.2 Å². The van der Waals surface area contributed by atoms with Gasteiger partial charge in [-0.05, 0) is 61.8 Å². The molecule has 0 aliphatic heterocycles. The zero-order valence-corrected chi connectivity index (χ0v) is 27.2. The lowest BCUT2D eigenvalue weighted by molar-refractivity contribution is -0.184. The minimum absolute atomic E-state index is 0.00321. The molecule has 53 heavy (non-hydrogen) atoms. The predicted octanol–water partition coefficient (Wildman–Crippen LogP) is 8.76. The molecule has 0 spiro atoms. The number of alkyl halides is 11. The molecule has 1 fully saturated rings. The molecule has 1 aliphatic carbocycles. The second kappa shape index (κ2) is 15.6. The number of carbonyl (C=O) groups is 2. The number of nitrogens with zero attached hydrogens (tertiary/aromatic N) is 3. The van der Waals surface area contributed by atoms with Crippen molar-refractivity contribution in [2.24, 2.45) is 11.8 Å². The molecule has 21 heteroatoms. The van der Waals surface area contributed by atoms with E-state index in [0.29, 0.717) is 31.4 Å². The molecule has 1 amide bonds. The van der Waals surface area contributed by atoms with Gasteiger partial charge >= 0.3 is 18.5 Å². The molecule has 1 aromatic carbocycles. The van der Waals surface area contributed by atoms with Crippen LogP contribution in [-0.2, 0) is 18.9 Å². The van der Waals surface area contributed by atoms with Crippen molar-refractivity contribution in [1.82, 2.24) is 30.5 Å². The molecule has 1 saturated carbocycles. The second-order valence-electron chi connectivity index (χ2n) is 12.4. The number of aromatic nitrogens is 5. The molecule has 288 valence electrons. The average Bonchev–Trinajstić information content (AvgIpc) is 3.73. The number of hydrogen-bond donors (Lipinski definition) is 4. The van der Waals surface area contributed by atoms with Crippen LogP contribution in [0.15, 0.2) is 30.3 Å². The fourth-order valence-corrected chi connectivity index (χ4v) is 5.94. The Kier molecular flexibility index (Phi) is 11.5. The Hall–Kier alpha value is -4.98. The first-order chi connectivity index (χ1) is 24.8. The van der Waals surface area contributed by atoms with Crippen molar-refractivity contribution in [2.45, 2.75) is 76.4 Å². The summed E-state index contributed by atoms with van der Waals surface area (Å²) in [6.07, 6.45) is -15.6. The molecule has 3 aromatic heterocycles. The van der Waals surface area contributed by atoms with E-state index in [-0.39, 0.29) is 59.8 Å². The molecule has 10 nitrogen and oxygen atoms in total. The molecular weight excluding hydrogens is 739 g/mol. The first-order valence-electron chi connectivity index (χ1n) is 16.1. The average molecular weight is 770 g/mol. The number of hydrogen-bond acceptors (Lipinski definition) is 7. The van der Waals surface area contributed by atoms with E-state index in [1.807, 2.05) is 0 Å². The zero-order valence-electron chi connectivity index (χ0n) is 27.2. The maximum atomic E-state index is 13.9. The first-order valence-corrected chi connectivity index (χ1v) is 16.1. The Morgan fingerprint density at radius 1 is 0.925 bits per heavy atom. The number of ether oxygens (including phenoxy) is 1. The number of benzene rings is 1. The number of amides is 1. The van der Waals surface area contributed by atoms with Crippen LogP contribution >= 0.6 is 0 Å². The highest BCUT2D eigenvalue weighted by Gasteiger charge is 2.41. The molecule has 0 atom stereocenters. The van der Waals surface area contributed by atoms with Gasteiger partial charge < -0.3 is 20.4 Å². The molecule has 4 aromatic rings. The SMILES string of the molecule is O=C(NCc1ccc(C(F)(F)F)c(Nc2nc3nc(OCC(F)F)c(C(=O)CCCC4CCC(C(F)(F)F)CC4)cc3[nH]2)c1)c1cc(C(F)(F)F)[nH]n1. The molecule has 0 bridgehead atoms. The quantitative estimate of drug-likeness (QED) is 0.0789. The van der Waals surface area contributed by atoms with Gasteiger partial charge in [-0.3, -0.25) is 14.7 Å². The minimum atomic E-state index is -4.90. The van der Waals surface area contributed by atoms with Crippen molar-refractivity contribution in [3.8, 4) is 5.88 Å². The Morgan fingerprint density at radius 2 is 1.64 bits per heavy atom. The fraction of sp³-hybridized carbons (Fsp3) is 0.469. The fourth-order valence-electron chi connectivity index (χ4n) is 5.94. The minimum Gasteiger partial charge on any atom is -0.471 e. The Morgan fingerprint density at radius 3 is 2.26 bits per heavy atom. The number of anilines is 2. The number of carbonyl (C=O) groups excluding carboxylic acids is 2. The summed E-state index contributed by atoms with van der Waals surface area (Å²) in [5.41, 5.74) is -3.98. The Balaban J connectivity index is 1.31. The number of nitrogens with one attached hydrogen (secondary N) is 4. The van der Waals surface area contributed by atoms with Crippen LogP contribution in [0.5, 0.6) is 5.88 Å². The van der Waals surface area contributed by atoms with E-state index in [2.05, 4.69) is 30.7 Å². The van der Waals surface area contributed by atoms with Crippen LogP contribution in [0, 0.1) is 11.8 Å². The summed E-state index contributed by atoms with van der Waals surface area (Å²) in [6, 6.07) is 4.36. The van der Waals surface area contributed by atoms with Crippen molar-refractivity contribution in [3.63, 3.8) is 0 Å². The molecule has 3 heterocycles. The summed E-state index contributed by atoms with van der Waals surface area (Å²) in [5, 5.41) is 9.67. The normalized spacial score (nSPS) is 17.0. The van der Waals surface area contributed by atoms with Gasteiger partial charge in [0.25, 0.3) is 12.3 Å². The van der Waals surface area contributed by atoms with E-state index in [1.54, 1.807) is 5.10 Å². The number of fused-ring (bicyclic) bond motifs is 1. The van der Waals surface area contributed by atoms with E-state index in [0.717, 1.165) is 12.1 Å². The maximum Gasteiger partial charge on any atom is 0.432 e. The molecule has 0 saturated heterocycles. The number of Topliss-reactive ketones (excluding diaryl/α,β-unsaturated/α-hetero) is 1. The van der Waals surface area contributed by atoms with Crippen molar-refractivity contribution in [2.75, 3.05) is 11.9 Å². The third-order valence-electron chi connectivity index (χ3n) is 8.62. The lowest BCUT2D eigenvalue weighted by atomic mass is 9.79. The molecule has 5 rings (SSSR count). The van der Waals surface area contributed by atoms with E-state index in [9.17, 15) is 57.9 Å². The van der Waals surface area contributed by atoms with E-state index < -0.39 is 84.2 Å². The van der Waals surface area contributed by atoms with Gasteiger partial charge in [0.05, 0.1) is 28.2 Å². The van der Waals surface area contributed by atoms with E-state index in [4.69, 9.17) is 4.74 Å². The lowest BCUT2D eigenvalue weighted by Crippen LogP contribution is -2.27. The van der Waals surface area contributed by atoms with Crippen LogP contribution in [0.3, 0.4) is 0 Å². The lowest BCUT2D eigenvalue weighted by Gasteiger charge is -2.29. The van der Waals surface area contributed by atoms with Gasteiger partial charge in [0.15, 0.2) is 23.7 Å². The summed E-state index contributed by atoms with van der Waals surface area (Å²) in [7, 11) is 0. The van der Waals surface area contributed by atoms with Gasteiger partial charge in [0, 0.05) is 19.0 Å². The standard InChI is InChI=1S/C32H30F11N7O3/c33-25(34)14-53-28-18(23(51)3-1-2-15-4-7-17(8-5-15)30(35,36)37)11-21-26(47-28)48-29(46-21)45-20-10-16(6-9-19(20)31(38,39)40)13-44-27(52)22-12-24(50-49-22)32(41,42)43/h6,9-12,15,17,25H,1-5,7-8,13-14H2,(H,44,52)(H,49,50)(H2,45,46,47,48). The number of rotatable bonds is 13. The predicted molar refractivity (Wildman–Crippen MR) is 165 cm³/mol. The Labute approximate surface area is 292 Å². The van der Waals surface area contributed by atoms with E-state index >= 15 is 0 Å². The zero-order chi connectivity index (χ0) is 38.7. The van der Waals surface area contributed by atoms with Crippen molar-refractivity contribution >= 4 is 34.5 Å². The van der Waals surface area contributed by atoms with Gasteiger partial charge in [-0.1, -0.05) is 12.5 Å². The van der Waals surface area contributed by atoms with Gasteiger partial charge in [-0.15, -0.1) is 0 Å². The second-order valence-corrected chi connectivity index (χ2v) is 12.4. The number of pyridine rings is 1. The van der Waals surface area contributed by atoms with E-state index in [1.165, 1.54) is 6.07 Å². The van der Waals surface area contributed by atoms with Crippen molar-refractivity contribution in [3.05, 3.63) is 58.4 Å². The van der Waals surface area contributed by atoms with Crippen LogP contribution in [0.1, 0.15) is 82.6 Å². The van der Waals surface area contributed by atoms with Gasteiger partial charge in [0.1, 0.15) is 5.69 Å². The first kappa shape index (κ1) is 39.2. The number of aromatic amines is 2. The van der Waals surface area contributed by atoms with Crippen LogP contribution in [-0.4, -0.2) is 56.0 Å². The number of halogens is 11.